The van der Waals surface area contributed by atoms with Crippen LogP contribution in [0.3, 0.4) is 0 Å². The van der Waals surface area contributed by atoms with Crippen LogP contribution in [0, 0.1) is 0 Å². The summed E-state index contributed by atoms with van der Waals surface area (Å²) in [5.41, 5.74) is 0. The summed E-state index contributed by atoms with van der Waals surface area (Å²) in [5.74, 6) is 0.892. The molecule has 2 N–H and O–H groups in total. The van der Waals surface area contributed by atoms with Gasteiger partial charge in [-0.1, -0.05) is 0 Å². The van der Waals surface area contributed by atoms with E-state index in [0.29, 0.717) is 12.4 Å². The zero-order chi connectivity index (χ0) is 9.31. The summed E-state index contributed by atoms with van der Waals surface area (Å²) in [5, 5.41) is 9.39. The smallest absolute Gasteiger partial charge is 0.153 e. The maximum atomic E-state index is 11.3. The van der Waals surface area contributed by atoms with Crippen LogP contribution in [0.25, 0.3) is 0 Å². The monoisotopic (exact) mass is 202 g/mol. The summed E-state index contributed by atoms with van der Waals surface area (Å²) in [6, 6.07) is -0.235. The van der Waals surface area contributed by atoms with E-state index in [1.54, 1.807) is 0 Å². The normalized spacial score (nSPS) is 27.2. The third-order valence-corrected chi connectivity index (χ3v) is 3.66. The zero-order valence-electron chi connectivity index (χ0n) is 6.90. The van der Waals surface area contributed by atoms with Crippen LogP contribution in [-0.4, -0.2) is 41.6 Å². The standard InChI is InChI=1S/C6H10N4O2S/c11-13(12)2-1-7-5(3-13)6-8-4-9-10-6/h4-5,7H,1-3H2,(H,8,9,10). The van der Waals surface area contributed by atoms with Gasteiger partial charge in [-0.05, 0) is 0 Å². The minimum atomic E-state index is -2.91. The number of aromatic amines is 1. The van der Waals surface area contributed by atoms with Crippen LogP contribution in [0.15, 0.2) is 6.33 Å². The van der Waals surface area contributed by atoms with Gasteiger partial charge in [-0.3, -0.25) is 5.10 Å². The van der Waals surface area contributed by atoms with Crippen LogP contribution >= 0.6 is 0 Å². The molecule has 0 aromatic carbocycles. The first-order chi connectivity index (χ1) is 6.17. The summed E-state index contributed by atoms with van der Waals surface area (Å²) in [6.45, 7) is 0.480. The Bertz CT molecular complexity index is 371. The van der Waals surface area contributed by atoms with Gasteiger partial charge in [0.05, 0.1) is 17.5 Å². The number of nitrogens with zero attached hydrogens (tertiary/aromatic N) is 2. The van der Waals surface area contributed by atoms with Gasteiger partial charge in [-0.15, -0.1) is 0 Å². The van der Waals surface area contributed by atoms with E-state index < -0.39 is 9.84 Å². The number of H-pyrrole nitrogens is 1. The SMILES string of the molecule is O=S1(=O)CCNC(c2ncn[nH]2)C1. The Labute approximate surface area is 75.7 Å². The van der Waals surface area contributed by atoms with Gasteiger partial charge in [0.15, 0.2) is 9.84 Å². The Morgan fingerprint density at radius 3 is 3.00 bits per heavy atom. The van der Waals surface area contributed by atoms with E-state index >= 15 is 0 Å². The van der Waals surface area contributed by atoms with Crippen molar-refractivity contribution < 1.29 is 8.42 Å². The molecule has 0 aliphatic carbocycles. The van der Waals surface area contributed by atoms with E-state index in [0.717, 1.165) is 0 Å². The fourth-order valence-electron chi connectivity index (χ4n) is 1.34. The zero-order valence-corrected chi connectivity index (χ0v) is 7.71. The first-order valence-corrected chi connectivity index (χ1v) is 5.78. The molecule has 1 saturated heterocycles. The number of sulfone groups is 1. The van der Waals surface area contributed by atoms with Gasteiger partial charge in [-0.25, -0.2) is 13.4 Å². The quantitative estimate of drug-likeness (QED) is 0.601. The Morgan fingerprint density at radius 2 is 2.38 bits per heavy atom. The van der Waals surface area contributed by atoms with Crippen LogP contribution in [-0.2, 0) is 9.84 Å². The first-order valence-electron chi connectivity index (χ1n) is 3.96. The molecule has 13 heavy (non-hydrogen) atoms. The minimum Gasteiger partial charge on any atom is -0.305 e. The Morgan fingerprint density at radius 1 is 1.54 bits per heavy atom. The Hall–Kier alpha value is -0.950. The number of aromatic nitrogens is 3. The van der Waals surface area contributed by atoms with Crippen molar-refractivity contribution in [1.82, 2.24) is 20.5 Å². The highest BCUT2D eigenvalue weighted by molar-refractivity contribution is 7.91. The molecular weight excluding hydrogens is 192 g/mol. The molecular formula is C6H10N4O2S. The van der Waals surface area contributed by atoms with Crippen molar-refractivity contribution in [1.29, 1.82) is 0 Å². The van der Waals surface area contributed by atoms with Gasteiger partial charge >= 0.3 is 0 Å². The predicted octanol–water partition coefficient (Wildman–Crippen LogP) is -1.14. The Kier molecular flexibility index (Phi) is 2.04. The van der Waals surface area contributed by atoms with Gasteiger partial charge in [-0.2, -0.15) is 5.10 Å². The van der Waals surface area contributed by atoms with Crippen molar-refractivity contribution in [3.05, 3.63) is 12.2 Å². The van der Waals surface area contributed by atoms with Crippen LogP contribution in [0.4, 0.5) is 0 Å². The van der Waals surface area contributed by atoms with Crippen molar-refractivity contribution in [3.63, 3.8) is 0 Å². The van der Waals surface area contributed by atoms with E-state index in [1.165, 1.54) is 6.33 Å². The van der Waals surface area contributed by atoms with Gasteiger partial charge < -0.3 is 5.32 Å². The number of hydrogen-bond acceptors (Lipinski definition) is 5. The molecule has 1 unspecified atom stereocenters. The lowest BCUT2D eigenvalue weighted by Crippen LogP contribution is -2.39. The highest BCUT2D eigenvalue weighted by atomic mass is 32.2. The topological polar surface area (TPSA) is 87.7 Å². The van der Waals surface area contributed by atoms with Crippen molar-refractivity contribution in [2.45, 2.75) is 6.04 Å². The number of rotatable bonds is 1. The van der Waals surface area contributed by atoms with E-state index in [-0.39, 0.29) is 17.5 Å². The van der Waals surface area contributed by atoms with Crippen molar-refractivity contribution in [3.8, 4) is 0 Å². The molecule has 6 nitrogen and oxygen atoms in total. The predicted molar refractivity (Wildman–Crippen MR) is 45.8 cm³/mol. The summed E-state index contributed by atoms with van der Waals surface area (Å²) >= 11 is 0. The molecule has 0 spiro atoms. The first kappa shape index (κ1) is 8.64. The second kappa shape index (κ2) is 3.08. The maximum absolute atomic E-state index is 11.3. The summed E-state index contributed by atoms with van der Waals surface area (Å²) < 4.78 is 22.5. The van der Waals surface area contributed by atoms with Crippen LogP contribution < -0.4 is 5.32 Å². The molecule has 7 heteroatoms. The number of nitrogens with one attached hydrogen (secondary N) is 2. The molecule has 1 atom stereocenters. The number of hydrogen-bond donors (Lipinski definition) is 2. The van der Waals surface area contributed by atoms with Gasteiger partial charge in [0.2, 0.25) is 0 Å². The van der Waals surface area contributed by atoms with Crippen molar-refractivity contribution in [2.75, 3.05) is 18.1 Å². The lowest BCUT2D eigenvalue weighted by Gasteiger charge is -2.21. The Balaban J connectivity index is 2.18. The fourth-order valence-corrected chi connectivity index (χ4v) is 2.72. The second-order valence-electron chi connectivity index (χ2n) is 2.99. The molecule has 1 aromatic heterocycles. The molecule has 1 fully saturated rings. The third kappa shape index (κ3) is 1.86. The highest BCUT2D eigenvalue weighted by Gasteiger charge is 2.26. The third-order valence-electron chi connectivity index (χ3n) is 1.99. The molecule has 1 aromatic rings. The summed E-state index contributed by atoms with van der Waals surface area (Å²) in [7, 11) is -2.91. The minimum absolute atomic E-state index is 0.0994. The summed E-state index contributed by atoms with van der Waals surface area (Å²) in [6.07, 6.45) is 1.37. The molecule has 72 valence electrons. The highest BCUT2D eigenvalue weighted by Crippen LogP contribution is 2.13. The van der Waals surface area contributed by atoms with Gasteiger partial charge in [0, 0.05) is 6.54 Å². The molecule has 1 aliphatic heterocycles. The van der Waals surface area contributed by atoms with E-state index in [9.17, 15) is 8.42 Å². The summed E-state index contributed by atoms with van der Waals surface area (Å²) in [4.78, 5) is 3.91. The lowest BCUT2D eigenvalue weighted by molar-refractivity contribution is 0.516. The maximum Gasteiger partial charge on any atom is 0.153 e. The molecule has 0 bridgehead atoms. The molecule has 2 heterocycles. The van der Waals surface area contributed by atoms with Crippen LogP contribution in [0.2, 0.25) is 0 Å². The average Bonchev–Trinajstić information content (AvgIpc) is 2.53. The van der Waals surface area contributed by atoms with E-state index in [2.05, 4.69) is 20.5 Å². The van der Waals surface area contributed by atoms with Crippen LogP contribution in [0.1, 0.15) is 11.9 Å². The van der Waals surface area contributed by atoms with E-state index in [1.807, 2.05) is 0 Å². The lowest BCUT2D eigenvalue weighted by atomic mass is 10.3. The van der Waals surface area contributed by atoms with Gasteiger partial charge in [0.25, 0.3) is 0 Å². The molecule has 0 saturated carbocycles. The van der Waals surface area contributed by atoms with Crippen molar-refractivity contribution in [2.24, 2.45) is 0 Å². The van der Waals surface area contributed by atoms with Crippen LogP contribution in [0.5, 0.6) is 0 Å². The average molecular weight is 202 g/mol. The van der Waals surface area contributed by atoms with Gasteiger partial charge in [0.1, 0.15) is 12.2 Å². The molecule has 0 amide bonds. The second-order valence-corrected chi connectivity index (χ2v) is 5.22. The fraction of sp³-hybridized carbons (Fsp3) is 0.667. The molecule has 2 rings (SSSR count). The van der Waals surface area contributed by atoms with E-state index in [4.69, 9.17) is 0 Å². The largest absolute Gasteiger partial charge is 0.305 e. The molecule has 0 radical (unpaired) electrons. The molecule has 1 aliphatic rings. The van der Waals surface area contributed by atoms with Crippen molar-refractivity contribution >= 4 is 9.84 Å².